The molecule has 1 aliphatic heterocycles. The Labute approximate surface area is 208 Å². The van der Waals surface area contributed by atoms with E-state index in [1.165, 1.54) is 11.3 Å². The minimum atomic E-state index is -0.241. The van der Waals surface area contributed by atoms with Crippen LogP contribution in [0.15, 0.2) is 54.3 Å². The number of fused-ring (bicyclic) bond motifs is 1. The van der Waals surface area contributed by atoms with Gasteiger partial charge in [-0.2, -0.15) is 5.10 Å². The minimum Gasteiger partial charge on any atom is -0.379 e. The van der Waals surface area contributed by atoms with Crippen molar-refractivity contribution in [2.75, 3.05) is 38.7 Å². The van der Waals surface area contributed by atoms with E-state index in [0.29, 0.717) is 26.5 Å². The summed E-state index contributed by atoms with van der Waals surface area (Å²) in [6.07, 6.45) is 5.73. The molecule has 0 atom stereocenters. The van der Waals surface area contributed by atoms with Crippen molar-refractivity contribution in [2.45, 2.75) is 20.4 Å². The number of ether oxygens (including phenoxy) is 1. The van der Waals surface area contributed by atoms with E-state index in [4.69, 9.17) is 4.74 Å². The number of allylic oxidation sites excluding steroid dienone is 4. The molecule has 1 fully saturated rings. The topological polar surface area (TPSA) is 103 Å². The first-order chi connectivity index (χ1) is 16.9. The molecule has 2 amide bonds. The highest BCUT2D eigenvalue weighted by atomic mass is 32.1. The Bertz CT molecular complexity index is 1240. The van der Waals surface area contributed by atoms with Gasteiger partial charge in [-0.05, 0) is 43.7 Å². The second-order valence-corrected chi connectivity index (χ2v) is 9.33. The summed E-state index contributed by atoms with van der Waals surface area (Å²) < 4.78 is 5.39. The predicted octanol–water partition coefficient (Wildman–Crippen LogP) is 3.77. The van der Waals surface area contributed by atoms with E-state index in [1.807, 2.05) is 56.3 Å². The third-order valence-electron chi connectivity index (χ3n) is 5.77. The number of morpholine rings is 1. The molecule has 2 aromatic heterocycles. The van der Waals surface area contributed by atoms with Crippen LogP contribution in [-0.4, -0.2) is 65.3 Å². The molecule has 0 unspecified atom stereocenters. The molecule has 1 aromatic carbocycles. The fraction of sp³-hybridized carbons (Fsp3) is 0.320. The van der Waals surface area contributed by atoms with Crippen LogP contribution in [0.1, 0.15) is 39.4 Å². The minimum absolute atomic E-state index is 0.239. The first-order valence-corrected chi connectivity index (χ1v) is 12.3. The second-order valence-electron chi connectivity index (χ2n) is 8.30. The summed E-state index contributed by atoms with van der Waals surface area (Å²) in [4.78, 5) is 29.0. The smallest absolute Gasteiger partial charge is 0.279 e. The van der Waals surface area contributed by atoms with E-state index in [1.54, 1.807) is 18.1 Å². The number of nitrogens with one attached hydrogen (secondary N) is 3. The number of thiophene rings is 1. The van der Waals surface area contributed by atoms with Crippen LogP contribution in [0.4, 0.5) is 5.82 Å². The number of aromatic nitrogens is 2. The highest BCUT2D eigenvalue weighted by molar-refractivity contribution is 7.20. The molecule has 0 aliphatic carbocycles. The van der Waals surface area contributed by atoms with E-state index in [2.05, 4.69) is 25.8 Å². The molecule has 3 heterocycles. The Kier molecular flexibility index (Phi) is 7.96. The lowest BCUT2D eigenvalue weighted by molar-refractivity contribution is 0.0342. The Balaban J connectivity index is 1.39. The lowest BCUT2D eigenvalue weighted by Crippen LogP contribution is -2.37. The van der Waals surface area contributed by atoms with Gasteiger partial charge in [-0.25, -0.2) is 0 Å². The van der Waals surface area contributed by atoms with Crippen molar-refractivity contribution in [2.24, 2.45) is 0 Å². The average molecular weight is 495 g/mol. The van der Waals surface area contributed by atoms with Crippen molar-refractivity contribution in [1.82, 2.24) is 25.5 Å². The summed E-state index contributed by atoms with van der Waals surface area (Å²) in [5, 5.41) is 12.4. The van der Waals surface area contributed by atoms with Gasteiger partial charge in [0.25, 0.3) is 11.8 Å². The molecule has 184 valence electrons. The first kappa shape index (κ1) is 24.6. The molecule has 1 aliphatic rings. The summed E-state index contributed by atoms with van der Waals surface area (Å²) in [7, 11) is 1.78. The molecule has 0 radical (unpaired) electrons. The third kappa shape index (κ3) is 6.16. The standard InChI is InChI=1S/C25H30N6O3S/c1-4-5-6-17(2)30(3)29-24(33)21-15-20-22(27-28-25(20)35-21)26-23(32)19-9-7-18(8-10-19)16-31-11-13-34-14-12-31/h4-10,15H,11-14,16H2,1-3H3,(H,29,33)(H2,26,27,28,32)/b5-4-,17-6+. The molecular weight excluding hydrogens is 464 g/mol. The van der Waals surface area contributed by atoms with Crippen molar-refractivity contribution in [3.05, 3.63) is 70.3 Å². The van der Waals surface area contributed by atoms with Crippen molar-refractivity contribution >= 4 is 39.2 Å². The fourth-order valence-corrected chi connectivity index (χ4v) is 4.51. The molecule has 0 bridgehead atoms. The van der Waals surface area contributed by atoms with E-state index in [0.717, 1.165) is 44.1 Å². The highest BCUT2D eigenvalue weighted by Crippen LogP contribution is 2.29. The van der Waals surface area contributed by atoms with Crippen LogP contribution < -0.4 is 10.7 Å². The van der Waals surface area contributed by atoms with Crippen molar-refractivity contribution in [3.8, 4) is 0 Å². The molecule has 4 rings (SSSR count). The number of H-pyrrole nitrogens is 1. The van der Waals surface area contributed by atoms with Crippen LogP contribution in [0.5, 0.6) is 0 Å². The number of hydrogen-bond donors (Lipinski definition) is 3. The van der Waals surface area contributed by atoms with Gasteiger partial charge in [0.15, 0.2) is 0 Å². The summed E-state index contributed by atoms with van der Waals surface area (Å²) in [6.45, 7) is 8.03. The highest BCUT2D eigenvalue weighted by Gasteiger charge is 2.18. The molecule has 0 spiro atoms. The molecule has 35 heavy (non-hydrogen) atoms. The molecular formula is C25H30N6O3S. The largest absolute Gasteiger partial charge is 0.379 e. The van der Waals surface area contributed by atoms with Crippen molar-refractivity contribution in [1.29, 1.82) is 0 Å². The molecule has 10 heteroatoms. The van der Waals surface area contributed by atoms with Gasteiger partial charge in [-0.15, -0.1) is 11.3 Å². The van der Waals surface area contributed by atoms with Crippen LogP contribution in [0.2, 0.25) is 0 Å². The molecule has 1 saturated heterocycles. The van der Waals surface area contributed by atoms with Gasteiger partial charge >= 0.3 is 0 Å². The summed E-state index contributed by atoms with van der Waals surface area (Å²) in [6, 6.07) is 9.33. The van der Waals surface area contributed by atoms with E-state index in [9.17, 15) is 9.59 Å². The van der Waals surface area contributed by atoms with Crippen LogP contribution in [0.25, 0.3) is 10.2 Å². The number of anilines is 1. The third-order valence-corrected chi connectivity index (χ3v) is 6.80. The predicted molar refractivity (Wildman–Crippen MR) is 138 cm³/mol. The number of hydrogen-bond acceptors (Lipinski definition) is 7. The van der Waals surface area contributed by atoms with Crippen molar-refractivity contribution in [3.63, 3.8) is 0 Å². The average Bonchev–Trinajstić information content (AvgIpc) is 3.45. The van der Waals surface area contributed by atoms with Crippen LogP contribution in [-0.2, 0) is 11.3 Å². The number of hydrazine groups is 1. The Morgan fingerprint density at radius 2 is 1.97 bits per heavy atom. The number of nitrogens with zero attached hydrogens (tertiary/aromatic N) is 3. The zero-order chi connectivity index (χ0) is 24.8. The van der Waals surface area contributed by atoms with Gasteiger partial charge in [0.05, 0.1) is 23.5 Å². The number of carbonyl (C=O) groups is 2. The van der Waals surface area contributed by atoms with E-state index < -0.39 is 0 Å². The zero-order valence-electron chi connectivity index (χ0n) is 20.1. The number of rotatable bonds is 8. The van der Waals surface area contributed by atoms with Gasteiger partial charge in [0.2, 0.25) is 0 Å². The molecule has 3 aromatic rings. The molecule has 3 N–H and O–H groups in total. The van der Waals surface area contributed by atoms with Gasteiger partial charge < -0.3 is 10.1 Å². The fourth-order valence-electron chi connectivity index (χ4n) is 3.63. The van der Waals surface area contributed by atoms with Gasteiger partial charge in [-0.1, -0.05) is 24.3 Å². The molecule has 0 saturated carbocycles. The molecule has 9 nitrogen and oxygen atoms in total. The monoisotopic (exact) mass is 494 g/mol. The second kappa shape index (κ2) is 11.3. The number of benzene rings is 1. The Morgan fingerprint density at radius 3 is 2.69 bits per heavy atom. The Morgan fingerprint density at radius 1 is 1.23 bits per heavy atom. The van der Waals surface area contributed by atoms with Gasteiger partial charge in [0.1, 0.15) is 10.6 Å². The zero-order valence-corrected chi connectivity index (χ0v) is 20.9. The van der Waals surface area contributed by atoms with Gasteiger partial charge in [0, 0.05) is 37.9 Å². The summed E-state index contributed by atoms with van der Waals surface area (Å²) in [5.41, 5.74) is 5.44. The van der Waals surface area contributed by atoms with Crippen LogP contribution >= 0.6 is 11.3 Å². The first-order valence-electron chi connectivity index (χ1n) is 11.5. The number of carbonyl (C=O) groups excluding carboxylic acids is 2. The SMILES string of the molecule is C/C=C\C=C(/C)N(C)NC(=O)c1cc2c(NC(=O)c3ccc(CN4CCOCC4)cc3)[nH]nc2s1. The normalized spacial score (nSPS) is 15.0. The maximum absolute atomic E-state index is 12.8. The summed E-state index contributed by atoms with van der Waals surface area (Å²) in [5.74, 6) is -0.0118. The summed E-state index contributed by atoms with van der Waals surface area (Å²) >= 11 is 1.26. The maximum atomic E-state index is 12.8. The maximum Gasteiger partial charge on any atom is 0.279 e. The van der Waals surface area contributed by atoms with Crippen LogP contribution in [0, 0.1) is 0 Å². The van der Waals surface area contributed by atoms with E-state index in [-0.39, 0.29) is 11.8 Å². The lowest BCUT2D eigenvalue weighted by Gasteiger charge is -2.26. The number of amides is 2. The number of aromatic amines is 1. The van der Waals surface area contributed by atoms with Crippen LogP contribution in [0.3, 0.4) is 0 Å². The van der Waals surface area contributed by atoms with Crippen molar-refractivity contribution < 1.29 is 14.3 Å². The Hall–Kier alpha value is -3.47. The quantitative estimate of drug-likeness (QED) is 0.326. The van der Waals surface area contributed by atoms with Gasteiger partial charge in [-0.3, -0.25) is 30.0 Å². The van der Waals surface area contributed by atoms with E-state index >= 15 is 0 Å². The lowest BCUT2D eigenvalue weighted by atomic mass is 10.1.